The molecular formula is C8H14O3. The molecule has 0 aromatic heterocycles. The normalized spacial score (nSPS) is 22.5. The highest BCUT2D eigenvalue weighted by atomic mass is 16.4. The molecule has 1 aliphatic carbocycles. The molecule has 1 aliphatic rings. The number of carboxylic acid groups (broad SMARTS) is 1. The second-order valence-electron chi connectivity index (χ2n) is 3.80. The molecule has 0 atom stereocenters. The summed E-state index contributed by atoms with van der Waals surface area (Å²) in [6.45, 7) is 3.14. The van der Waals surface area contributed by atoms with Crippen LogP contribution in [0.15, 0.2) is 0 Å². The molecule has 0 spiro atoms. The molecule has 0 saturated heterocycles. The lowest BCUT2D eigenvalue weighted by molar-refractivity contribution is -0.177. The first-order valence-corrected chi connectivity index (χ1v) is 3.86. The minimum absolute atomic E-state index is 0.603. The Balaban J connectivity index is 2.85. The van der Waals surface area contributed by atoms with Crippen molar-refractivity contribution in [2.24, 2.45) is 5.41 Å². The van der Waals surface area contributed by atoms with Gasteiger partial charge in [-0.25, -0.2) is 0 Å². The van der Waals surface area contributed by atoms with Gasteiger partial charge in [-0.1, -0.05) is 6.42 Å². The molecule has 0 unspecified atom stereocenters. The lowest BCUT2D eigenvalue weighted by Gasteiger charge is -2.46. The Labute approximate surface area is 66.0 Å². The molecule has 1 saturated carbocycles. The molecule has 3 nitrogen and oxygen atoms in total. The molecule has 0 radical (unpaired) electrons. The van der Waals surface area contributed by atoms with Gasteiger partial charge in [-0.2, -0.15) is 0 Å². The maximum atomic E-state index is 10.8. The minimum atomic E-state index is -1.09. The topological polar surface area (TPSA) is 57.5 Å². The predicted octanol–water partition coefficient (Wildman–Crippen LogP) is 1.01. The third-order valence-corrected chi connectivity index (χ3v) is 2.79. The van der Waals surface area contributed by atoms with Crippen LogP contribution in [-0.4, -0.2) is 21.8 Å². The molecule has 0 heterocycles. The molecule has 3 heteroatoms. The van der Waals surface area contributed by atoms with E-state index in [0.29, 0.717) is 12.8 Å². The number of hydrogen-bond acceptors (Lipinski definition) is 2. The summed E-state index contributed by atoms with van der Waals surface area (Å²) in [5, 5.41) is 18.4. The minimum Gasteiger partial charge on any atom is -0.481 e. The average molecular weight is 158 g/mol. The standard InChI is InChI=1S/C8H14O3/c1-7(2,11)8(6(9)10)4-3-5-8/h11H,3-5H2,1-2H3,(H,9,10). The van der Waals surface area contributed by atoms with Gasteiger partial charge in [0, 0.05) is 0 Å². The fraction of sp³-hybridized carbons (Fsp3) is 0.875. The van der Waals surface area contributed by atoms with E-state index < -0.39 is 17.0 Å². The third kappa shape index (κ3) is 1.03. The van der Waals surface area contributed by atoms with Crippen LogP contribution in [-0.2, 0) is 4.79 Å². The number of hydrogen-bond donors (Lipinski definition) is 2. The molecular weight excluding hydrogens is 144 g/mol. The molecule has 0 bridgehead atoms. The molecule has 2 N–H and O–H groups in total. The van der Waals surface area contributed by atoms with E-state index in [-0.39, 0.29) is 0 Å². The zero-order valence-corrected chi connectivity index (χ0v) is 6.92. The largest absolute Gasteiger partial charge is 0.481 e. The number of carbonyl (C=O) groups is 1. The molecule has 0 aromatic rings. The fourth-order valence-corrected chi connectivity index (χ4v) is 1.62. The van der Waals surface area contributed by atoms with Crippen LogP contribution in [0.5, 0.6) is 0 Å². The van der Waals surface area contributed by atoms with Crippen molar-refractivity contribution < 1.29 is 15.0 Å². The van der Waals surface area contributed by atoms with Gasteiger partial charge in [-0.15, -0.1) is 0 Å². The van der Waals surface area contributed by atoms with E-state index in [2.05, 4.69) is 0 Å². The van der Waals surface area contributed by atoms with Crippen molar-refractivity contribution in [2.75, 3.05) is 0 Å². The van der Waals surface area contributed by atoms with E-state index in [1.165, 1.54) is 0 Å². The lowest BCUT2D eigenvalue weighted by Crippen LogP contribution is -2.53. The van der Waals surface area contributed by atoms with Gasteiger partial charge in [0.25, 0.3) is 0 Å². The number of aliphatic hydroxyl groups is 1. The van der Waals surface area contributed by atoms with Crippen LogP contribution >= 0.6 is 0 Å². The molecule has 0 aromatic carbocycles. The molecule has 0 amide bonds. The average Bonchev–Trinajstić information content (AvgIpc) is 1.52. The fourth-order valence-electron chi connectivity index (χ4n) is 1.62. The number of aliphatic carboxylic acids is 1. The van der Waals surface area contributed by atoms with Gasteiger partial charge in [0.2, 0.25) is 0 Å². The van der Waals surface area contributed by atoms with E-state index in [4.69, 9.17) is 5.11 Å². The smallest absolute Gasteiger partial charge is 0.312 e. The van der Waals surface area contributed by atoms with Crippen LogP contribution in [0.4, 0.5) is 0 Å². The monoisotopic (exact) mass is 158 g/mol. The third-order valence-electron chi connectivity index (χ3n) is 2.79. The Morgan fingerprint density at radius 2 is 1.91 bits per heavy atom. The molecule has 0 aliphatic heterocycles. The highest BCUT2D eigenvalue weighted by Crippen LogP contribution is 2.49. The Bertz CT molecular complexity index is 174. The summed E-state index contributed by atoms with van der Waals surface area (Å²) in [6.07, 6.45) is 2.12. The van der Waals surface area contributed by atoms with Crippen molar-refractivity contribution in [1.82, 2.24) is 0 Å². The Morgan fingerprint density at radius 3 is 1.91 bits per heavy atom. The van der Waals surface area contributed by atoms with Crippen LogP contribution in [0, 0.1) is 5.41 Å². The molecule has 1 fully saturated rings. The number of carboxylic acids is 1. The van der Waals surface area contributed by atoms with E-state index in [1.54, 1.807) is 13.8 Å². The van der Waals surface area contributed by atoms with Gasteiger partial charge in [0.15, 0.2) is 0 Å². The molecule has 1 rings (SSSR count). The zero-order valence-electron chi connectivity index (χ0n) is 6.92. The van der Waals surface area contributed by atoms with E-state index in [1.807, 2.05) is 0 Å². The van der Waals surface area contributed by atoms with Crippen molar-refractivity contribution in [3.63, 3.8) is 0 Å². The van der Waals surface area contributed by atoms with Crippen molar-refractivity contribution in [3.05, 3.63) is 0 Å². The molecule has 64 valence electrons. The lowest BCUT2D eigenvalue weighted by atomic mass is 9.60. The van der Waals surface area contributed by atoms with Crippen LogP contribution in [0.1, 0.15) is 33.1 Å². The van der Waals surface area contributed by atoms with Crippen molar-refractivity contribution in [3.8, 4) is 0 Å². The van der Waals surface area contributed by atoms with Gasteiger partial charge in [0.1, 0.15) is 0 Å². The van der Waals surface area contributed by atoms with Crippen LogP contribution in [0.2, 0.25) is 0 Å². The summed E-state index contributed by atoms with van der Waals surface area (Å²) >= 11 is 0. The maximum absolute atomic E-state index is 10.8. The van der Waals surface area contributed by atoms with Gasteiger partial charge in [-0.3, -0.25) is 4.79 Å². The van der Waals surface area contributed by atoms with E-state index in [9.17, 15) is 9.90 Å². The Hall–Kier alpha value is -0.570. The predicted molar refractivity (Wildman–Crippen MR) is 40.2 cm³/mol. The highest BCUT2D eigenvalue weighted by Gasteiger charge is 2.54. The second-order valence-corrected chi connectivity index (χ2v) is 3.80. The Morgan fingerprint density at radius 1 is 1.45 bits per heavy atom. The molecule has 11 heavy (non-hydrogen) atoms. The summed E-state index contributed by atoms with van der Waals surface area (Å²) in [5.41, 5.74) is -1.95. The quantitative estimate of drug-likeness (QED) is 0.630. The number of rotatable bonds is 2. The van der Waals surface area contributed by atoms with Gasteiger partial charge in [-0.05, 0) is 26.7 Å². The second kappa shape index (κ2) is 2.21. The van der Waals surface area contributed by atoms with Crippen molar-refractivity contribution in [2.45, 2.75) is 38.7 Å². The maximum Gasteiger partial charge on any atom is 0.312 e. The SMILES string of the molecule is CC(C)(O)C1(C(=O)O)CCC1. The van der Waals surface area contributed by atoms with E-state index in [0.717, 1.165) is 6.42 Å². The summed E-state index contributed by atoms with van der Waals surface area (Å²) in [5.74, 6) is -0.865. The summed E-state index contributed by atoms with van der Waals surface area (Å²) in [6, 6.07) is 0. The van der Waals surface area contributed by atoms with Gasteiger partial charge >= 0.3 is 5.97 Å². The summed E-state index contributed by atoms with van der Waals surface area (Å²) < 4.78 is 0. The van der Waals surface area contributed by atoms with Crippen LogP contribution in [0.25, 0.3) is 0 Å². The first-order chi connectivity index (χ1) is 4.90. The first-order valence-electron chi connectivity index (χ1n) is 3.86. The van der Waals surface area contributed by atoms with Crippen molar-refractivity contribution >= 4 is 5.97 Å². The van der Waals surface area contributed by atoms with Gasteiger partial charge in [0.05, 0.1) is 11.0 Å². The highest BCUT2D eigenvalue weighted by molar-refractivity contribution is 5.77. The van der Waals surface area contributed by atoms with Crippen LogP contribution in [0.3, 0.4) is 0 Å². The first kappa shape index (κ1) is 8.53. The zero-order chi connectivity index (χ0) is 8.70. The Kier molecular flexibility index (Phi) is 1.71. The summed E-state index contributed by atoms with van der Waals surface area (Å²) in [4.78, 5) is 10.8. The van der Waals surface area contributed by atoms with Crippen LogP contribution < -0.4 is 0 Å². The van der Waals surface area contributed by atoms with Gasteiger partial charge < -0.3 is 10.2 Å². The van der Waals surface area contributed by atoms with E-state index >= 15 is 0 Å². The summed E-state index contributed by atoms with van der Waals surface area (Å²) in [7, 11) is 0. The van der Waals surface area contributed by atoms with Crippen molar-refractivity contribution in [1.29, 1.82) is 0 Å².